The predicted octanol–water partition coefficient (Wildman–Crippen LogP) is 2.37. The second kappa shape index (κ2) is 10.9. The summed E-state index contributed by atoms with van der Waals surface area (Å²) in [6, 6.07) is 18.5. The van der Waals surface area contributed by atoms with Gasteiger partial charge in [0.1, 0.15) is 5.75 Å². The highest BCUT2D eigenvalue weighted by atomic mass is 32.2. The van der Waals surface area contributed by atoms with Crippen molar-refractivity contribution in [2.45, 2.75) is 12.8 Å². The summed E-state index contributed by atoms with van der Waals surface area (Å²) in [6.07, 6.45) is 2.39. The van der Waals surface area contributed by atoms with Crippen molar-refractivity contribution < 1.29 is 23.1 Å². The maximum atomic E-state index is 12.3. The van der Waals surface area contributed by atoms with Gasteiger partial charge in [-0.1, -0.05) is 54.6 Å². The lowest BCUT2D eigenvalue weighted by Crippen LogP contribution is -2.23. The van der Waals surface area contributed by atoms with E-state index < -0.39 is 15.9 Å². The number of fused-ring (bicyclic) bond motifs is 1. The van der Waals surface area contributed by atoms with E-state index >= 15 is 0 Å². The average molecular weight is 455 g/mol. The number of sulfonamides is 1. The Morgan fingerprint density at radius 1 is 1.00 bits per heavy atom. The SMILES string of the molecule is NC(=O)COc1ccc2c(CCNS(=O)(=O)C=Cc3ccccc3)cccc2c1CCO. The minimum atomic E-state index is -3.57. The lowest BCUT2D eigenvalue weighted by molar-refractivity contribution is -0.119. The summed E-state index contributed by atoms with van der Waals surface area (Å²) in [6.45, 7) is -0.0957. The third-order valence-electron chi connectivity index (χ3n) is 4.89. The number of rotatable bonds is 11. The van der Waals surface area contributed by atoms with E-state index in [0.717, 1.165) is 32.9 Å². The molecule has 0 aliphatic carbocycles. The zero-order valence-corrected chi connectivity index (χ0v) is 18.3. The van der Waals surface area contributed by atoms with Gasteiger partial charge in [-0.25, -0.2) is 13.1 Å². The van der Waals surface area contributed by atoms with Crippen molar-refractivity contribution in [3.05, 3.63) is 82.8 Å². The second-order valence-corrected chi connectivity index (χ2v) is 8.84. The molecule has 7 nitrogen and oxygen atoms in total. The molecule has 0 bridgehead atoms. The molecule has 3 rings (SSSR count). The number of aliphatic hydroxyl groups is 1. The van der Waals surface area contributed by atoms with Gasteiger partial charge in [0.05, 0.1) is 0 Å². The zero-order valence-electron chi connectivity index (χ0n) is 17.5. The van der Waals surface area contributed by atoms with Crippen LogP contribution in [0, 0.1) is 0 Å². The van der Waals surface area contributed by atoms with E-state index in [1.165, 1.54) is 0 Å². The molecule has 3 aromatic rings. The van der Waals surface area contributed by atoms with Crippen LogP contribution in [-0.4, -0.2) is 39.2 Å². The third kappa shape index (κ3) is 6.40. The van der Waals surface area contributed by atoms with Crippen LogP contribution >= 0.6 is 0 Å². The molecule has 168 valence electrons. The first-order valence-electron chi connectivity index (χ1n) is 10.2. The zero-order chi connectivity index (χ0) is 23.0. The Morgan fingerprint density at radius 2 is 1.78 bits per heavy atom. The van der Waals surface area contributed by atoms with Crippen molar-refractivity contribution in [3.8, 4) is 5.75 Å². The number of hydrogen-bond acceptors (Lipinski definition) is 5. The van der Waals surface area contributed by atoms with Crippen LogP contribution in [-0.2, 0) is 27.7 Å². The topological polar surface area (TPSA) is 119 Å². The molecule has 8 heteroatoms. The molecular weight excluding hydrogens is 428 g/mol. The van der Waals surface area contributed by atoms with E-state index in [9.17, 15) is 18.3 Å². The van der Waals surface area contributed by atoms with Crippen LogP contribution in [0.4, 0.5) is 0 Å². The van der Waals surface area contributed by atoms with Gasteiger partial charge in [-0.2, -0.15) is 0 Å². The number of benzene rings is 3. The fraction of sp³-hybridized carbons (Fsp3) is 0.208. The van der Waals surface area contributed by atoms with Crippen molar-refractivity contribution in [1.82, 2.24) is 4.72 Å². The van der Waals surface area contributed by atoms with Crippen molar-refractivity contribution in [1.29, 1.82) is 0 Å². The van der Waals surface area contributed by atoms with Gasteiger partial charge in [-0.05, 0) is 46.9 Å². The van der Waals surface area contributed by atoms with Gasteiger partial charge >= 0.3 is 0 Å². The molecule has 4 N–H and O–H groups in total. The van der Waals surface area contributed by atoms with E-state index in [0.29, 0.717) is 18.6 Å². The molecule has 0 radical (unpaired) electrons. The Morgan fingerprint density at radius 3 is 2.50 bits per heavy atom. The maximum Gasteiger partial charge on any atom is 0.255 e. The number of hydrogen-bond donors (Lipinski definition) is 3. The molecule has 1 amide bonds. The van der Waals surface area contributed by atoms with E-state index in [4.69, 9.17) is 10.5 Å². The summed E-state index contributed by atoms with van der Waals surface area (Å²) in [5.41, 5.74) is 7.71. The van der Waals surface area contributed by atoms with Crippen LogP contribution in [0.3, 0.4) is 0 Å². The van der Waals surface area contributed by atoms with Crippen LogP contribution in [0.5, 0.6) is 5.75 Å². The molecule has 3 aromatic carbocycles. The highest BCUT2D eigenvalue weighted by Crippen LogP contribution is 2.31. The van der Waals surface area contributed by atoms with Gasteiger partial charge in [0.15, 0.2) is 6.61 Å². The van der Waals surface area contributed by atoms with Crippen molar-refractivity contribution >= 4 is 32.8 Å². The van der Waals surface area contributed by atoms with Crippen molar-refractivity contribution in [3.63, 3.8) is 0 Å². The normalized spacial score (nSPS) is 11.8. The molecular formula is C24H26N2O5S. The number of aliphatic hydroxyl groups excluding tert-OH is 1. The first-order chi connectivity index (χ1) is 15.4. The lowest BCUT2D eigenvalue weighted by atomic mass is 9.96. The molecule has 0 saturated carbocycles. The summed E-state index contributed by atoms with van der Waals surface area (Å²) in [5.74, 6) is -0.0864. The predicted molar refractivity (Wildman–Crippen MR) is 126 cm³/mol. The molecule has 32 heavy (non-hydrogen) atoms. The third-order valence-corrected chi connectivity index (χ3v) is 5.99. The Hall–Kier alpha value is -3.20. The highest BCUT2D eigenvalue weighted by molar-refractivity contribution is 7.92. The van der Waals surface area contributed by atoms with Gasteiger partial charge in [0.25, 0.3) is 5.91 Å². The van der Waals surface area contributed by atoms with E-state index in [1.807, 2.05) is 54.6 Å². The Bertz CT molecular complexity index is 1210. The highest BCUT2D eigenvalue weighted by Gasteiger charge is 2.12. The summed E-state index contributed by atoms with van der Waals surface area (Å²) >= 11 is 0. The summed E-state index contributed by atoms with van der Waals surface area (Å²) < 4.78 is 32.7. The fourth-order valence-corrected chi connectivity index (χ4v) is 4.26. The molecule has 0 aliphatic rings. The first-order valence-corrected chi connectivity index (χ1v) is 11.7. The molecule has 0 unspecified atom stereocenters. The largest absolute Gasteiger partial charge is 0.483 e. The van der Waals surface area contributed by atoms with Gasteiger partial charge < -0.3 is 15.6 Å². The number of primary amides is 1. The fourth-order valence-electron chi connectivity index (χ4n) is 3.45. The van der Waals surface area contributed by atoms with Gasteiger partial charge in [-0.3, -0.25) is 4.79 Å². The number of amides is 1. The average Bonchev–Trinajstić information content (AvgIpc) is 2.78. The van der Waals surface area contributed by atoms with Crippen molar-refractivity contribution in [2.24, 2.45) is 5.73 Å². The standard InChI is InChI=1S/C24H26N2O5S/c25-24(28)17-31-23-10-9-20-19(7-4-8-21(20)22(23)12-15-27)11-14-26-32(29,30)16-13-18-5-2-1-3-6-18/h1-10,13,16,26-27H,11-12,14-15,17H2,(H2,25,28). The van der Waals surface area contributed by atoms with Gasteiger partial charge in [-0.15, -0.1) is 0 Å². The molecule has 0 heterocycles. The minimum absolute atomic E-state index is 0.0795. The number of carbonyl (C=O) groups is 1. The smallest absolute Gasteiger partial charge is 0.255 e. The quantitative estimate of drug-likeness (QED) is 0.411. The number of ether oxygens (including phenoxy) is 1. The molecule has 0 fully saturated rings. The summed E-state index contributed by atoms with van der Waals surface area (Å²) in [4.78, 5) is 11.1. The Kier molecular flexibility index (Phi) is 7.99. The van der Waals surface area contributed by atoms with Crippen LogP contribution in [0.1, 0.15) is 16.7 Å². The lowest BCUT2D eigenvalue weighted by Gasteiger charge is -2.15. The Balaban J connectivity index is 1.75. The molecule has 0 aliphatic heterocycles. The monoisotopic (exact) mass is 454 g/mol. The maximum absolute atomic E-state index is 12.3. The van der Waals surface area contributed by atoms with Crippen LogP contribution in [0.25, 0.3) is 16.8 Å². The van der Waals surface area contributed by atoms with Crippen LogP contribution < -0.4 is 15.2 Å². The van der Waals surface area contributed by atoms with Gasteiger partial charge in [0, 0.05) is 24.1 Å². The number of nitrogens with two attached hydrogens (primary N) is 1. The first kappa shape index (κ1) is 23.5. The van der Waals surface area contributed by atoms with Crippen molar-refractivity contribution in [2.75, 3.05) is 19.8 Å². The molecule has 0 saturated heterocycles. The Labute approximate surface area is 187 Å². The minimum Gasteiger partial charge on any atom is -0.483 e. The number of nitrogens with one attached hydrogen (secondary N) is 1. The van der Waals surface area contributed by atoms with Crippen LogP contribution in [0.2, 0.25) is 0 Å². The number of carbonyl (C=O) groups excluding carboxylic acids is 1. The van der Waals surface area contributed by atoms with Crippen LogP contribution in [0.15, 0.2) is 66.1 Å². The molecule has 0 spiro atoms. The van der Waals surface area contributed by atoms with E-state index in [2.05, 4.69) is 4.72 Å². The summed E-state index contributed by atoms with van der Waals surface area (Å²) in [5, 5.41) is 12.5. The molecule has 0 aromatic heterocycles. The van der Waals surface area contributed by atoms with E-state index in [-0.39, 0.29) is 19.8 Å². The van der Waals surface area contributed by atoms with Gasteiger partial charge in [0.2, 0.25) is 10.0 Å². The molecule has 0 atom stereocenters. The van der Waals surface area contributed by atoms with E-state index in [1.54, 1.807) is 12.1 Å². The second-order valence-electron chi connectivity index (χ2n) is 7.19. The summed E-state index contributed by atoms with van der Waals surface area (Å²) in [7, 11) is -3.57.